The molecule has 0 bridgehead atoms. The molecule has 0 saturated heterocycles. The van der Waals surface area contributed by atoms with Crippen LogP contribution in [-0.4, -0.2) is 15.5 Å². The quantitative estimate of drug-likeness (QED) is 0.613. The normalized spacial score (nSPS) is 11.6. The molecule has 0 unspecified atom stereocenters. The number of anilines is 1. The number of benzene rings is 1. The number of nitrogens with one attached hydrogen (secondary N) is 1. The molecule has 0 fully saturated rings. The van der Waals surface area contributed by atoms with Crippen LogP contribution in [0.15, 0.2) is 58.1 Å². The molecule has 28 heavy (non-hydrogen) atoms. The van der Waals surface area contributed by atoms with Gasteiger partial charge in [0.1, 0.15) is 0 Å². The van der Waals surface area contributed by atoms with Crippen LogP contribution in [-0.2, 0) is 17.5 Å². The second-order valence-corrected chi connectivity index (χ2v) is 6.96. The van der Waals surface area contributed by atoms with Crippen molar-refractivity contribution in [3.05, 3.63) is 69.2 Å². The Kier molecular flexibility index (Phi) is 5.83. The Morgan fingerprint density at radius 3 is 2.71 bits per heavy atom. The summed E-state index contributed by atoms with van der Waals surface area (Å²) in [5.74, 6) is -0.308. The number of hydrogen-bond acceptors (Lipinski definition) is 3. The van der Waals surface area contributed by atoms with Crippen molar-refractivity contribution in [2.45, 2.75) is 25.6 Å². The number of aryl methyl sites for hydroxylation is 1. The van der Waals surface area contributed by atoms with E-state index in [0.29, 0.717) is 11.2 Å². The summed E-state index contributed by atoms with van der Waals surface area (Å²) in [5, 5.41) is 3.63. The Morgan fingerprint density at radius 2 is 1.96 bits per heavy atom. The summed E-state index contributed by atoms with van der Waals surface area (Å²) in [5.41, 5.74) is -0.296. The van der Waals surface area contributed by atoms with Gasteiger partial charge in [0.15, 0.2) is 0 Å². The molecule has 3 rings (SSSR count). The molecule has 1 amide bonds. The van der Waals surface area contributed by atoms with Gasteiger partial charge < -0.3 is 9.88 Å². The molecule has 0 radical (unpaired) electrons. The number of aromatic nitrogens is 2. The Balaban J connectivity index is 1.66. The molecule has 0 aliphatic heterocycles. The molecule has 9 heteroatoms. The minimum Gasteiger partial charge on any atom is -0.324 e. The van der Waals surface area contributed by atoms with E-state index in [0.717, 1.165) is 22.2 Å². The van der Waals surface area contributed by atoms with Gasteiger partial charge in [-0.2, -0.15) is 13.2 Å². The van der Waals surface area contributed by atoms with E-state index >= 15 is 0 Å². The molecule has 2 aromatic heterocycles. The molecule has 0 spiro atoms. The van der Waals surface area contributed by atoms with Crippen molar-refractivity contribution in [1.82, 2.24) is 9.55 Å². The van der Waals surface area contributed by atoms with E-state index in [4.69, 9.17) is 0 Å². The van der Waals surface area contributed by atoms with Crippen LogP contribution in [0.1, 0.15) is 18.4 Å². The molecule has 0 aliphatic carbocycles. The zero-order valence-corrected chi connectivity index (χ0v) is 16.0. The molecule has 1 aromatic carbocycles. The number of para-hydroxylation sites is 1. The lowest BCUT2D eigenvalue weighted by atomic mass is 10.2. The average Bonchev–Trinajstić information content (AvgIpc) is 2.64. The Labute approximate surface area is 166 Å². The first-order valence-electron chi connectivity index (χ1n) is 8.36. The van der Waals surface area contributed by atoms with Crippen LogP contribution in [0.25, 0.3) is 10.9 Å². The van der Waals surface area contributed by atoms with Crippen molar-refractivity contribution in [3.8, 4) is 0 Å². The summed E-state index contributed by atoms with van der Waals surface area (Å²) in [6, 6.07) is 9.80. The van der Waals surface area contributed by atoms with E-state index in [2.05, 4.69) is 26.2 Å². The first-order chi connectivity index (χ1) is 13.3. The van der Waals surface area contributed by atoms with E-state index in [1.165, 1.54) is 0 Å². The zero-order chi connectivity index (χ0) is 20.3. The predicted molar refractivity (Wildman–Crippen MR) is 103 cm³/mol. The molecule has 146 valence electrons. The monoisotopic (exact) mass is 453 g/mol. The third-order valence-electron chi connectivity index (χ3n) is 4.08. The van der Waals surface area contributed by atoms with Crippen molar-refractivity contribution in [2.75, 3.05) is 5.32 Å². The van der Waals surface area contributed by atoms with Crippen LogP contribution >= 0.6 is 15.9 Å². The lowest BCUT2D eigenvalue weighted by molar-refractivity contribution is -0.138. The first kappa shape index (κ1) is 20.1. The number of amides is 1. The maximum Gasteiger partial charge on any atom is 0.417 e. The molecule has 0 atom stereocenters. The van der Waals surface area contributed by atoms with Crippen LogP contribution < -0.4 is 10.9 Å². The summed E-state index contributed by atoms with van der Waals surface area (Å²) in [7, 11) is 0. The van der Waals surface area contributed by atoms with Gasteiger partial charge in [0.2, 0.25) is 5.91 Å². The van der Waals surface area contributed by atoms with Gasteiger partial charge >= 0.3 is 6.18 Å². The predicted octanol–water partition coefficient (Wildman–Crippen LogP) is 4.60. The second kappa shape index (κ2) is 8.14. The Hall–Kier alpha value is -2.68. The van der Waals surface area contributed by atoms with E-state index in [9.17, 15) is 22.8 Å². The van der Waals surface area contributed by atoms with Crippen molar-refractivity contribution in [1.29, 1.82) is 0 Å². The zero-order valence-electron chi connectivity index (χ0n) is 14.5. The third-order valence-corrected chi connectivity index (χ3v) is 4.65. The molecule has 0 saturated carbocycles. The summed E-state index contributed by atoms with van der Waals surface area (Å²) >= 11 is 2.86. The lowest BCUT2D eigenvalue weighted by Gasteiger charge is -2.12. The van der Waals surface area contributed by atoms with Gasteiger partial charge in [0, 0.05) is 30.7 Å². The minimum atomic E-state index is -4.56. The topological polar surface area (TPSA) is 64.0 Å². The molecular formula is C19H15BrF3N3O2. The standard InChI is InChI=1S/C19H15BrF3N3O2/c20-14-10-13(19(21,22)23)11-26(18(14)28)9-3-7-16(27)25-15-6-1-4-12-5-2-8-24-17(12)15/h1-2,4-6,8,10-11H,3,7,9H2,(H,25,27). The number of carbonyl (C=O) groups excluding carboxylic acids is 1. The van der Waals surface area contributed by atoms with Crippen molar-refractivity contribution in [3.63, 3.8) is 0 Å². The summed E-state index contributed by atoms with van der Waals surface area (Å²) in [6.45, 7) is -0.0113. The highest BCUT2D eigenvalue weighted by Crippen LogP contribution is 2.29. The van der Waals surface area contributed by atoms with Crippen molar-refractivity contribution >= 4 is 38.4 Å². The Bertz CT molecular complexity index is 1070. The van der Waals surface area contributed by atoms with Gasteiger partial charge in [0.25, 0.3) is 5.56 Å². The largest absolute Gasteiger partial charge is 0.417 e. The second-order valence-electron chi connectivity index (χ2n) is 6.11. The molecular weight excluding hydrogens is 439 g/mol. The number of hydrogen-bond donors (Lipinski definition) is 1. The van der Waals surface area contributed by atoms with Crippen LogP contribution in [0, 0.1) is 0 Å². The van der Waals surface area contributed by atoms with Crippen LogP contribution in [0.5, 0.6) is 0 Å². The van der Waals surface area contributed by atoms with Gasteiger partial charge in [-0.05, 0) is 40.5 Å². The highest BCUT2D eigenvalue weighted by atomic mass is 79.9. The SMILES string of the molecule is O=C(CCCn1cc(C(F)(F)F)cc(Br)c1=O)Nc1cccc2cccnc12. The summed E-state index contributed by atoms with van der Waals surface area (Å²) in [6.07, 6.45) is -1.92. The van der Waals surface area contributed by atoms with Crippen LogP contribution in [0.4, 0.5) is 18.9 Å². The van der Waals surface area contributed by atoms with Crippen LogP contribution in [0.3, 0.4) is 0 Å². The molecule has 1 N–H and O–H groups in total. The van der Waals surface area contributed by atoms with E-state index < -0.39 is 17.3 Å². The van der Waals surface area contributed by atoms with Crippen molar-refractivity contribution in [2.24, 2.45) is 0 Å². The highest BCUT2D eigenvalue weighted by molar-refractivity contribution is 9.10. The first-order valence-corrected chi connectivity index (χ1v) is 9.16. The summed E-state index contributed by atoms with van der Waals surface area (Å²) < 4.78 is 39.5. The molecule has 0 aliphatic rings. The van der Waals surface area contributed by atoms with E-state index in [-0.39, 0.29) is 29.8 Å². The van der Waals surface area contributed by atoms with E-state index in [1.807, 2.05) is 12.1 Å². The number of nitrogens with zero attached hydrogens (tertiary/aromatic N) is 2. The van der Waals surface area contributed by atoms with Gasteiger partial charge in [0.05, 0.1) is 21.2 Å². The number of halogens is 4. The van der Waals surface area contributed by atoms with E-state index in [1.54, 1.807) is 24.4 Å². The number of pyridine rings is 2. The Morgan fingerprint density at radius 1 is 1.21 bits per heavy atom. The molecule has 5 nitrogen and oxygen atoms in total. The number of rotatable bonds is 5. The minimum absolute atomic E-state index is 0.0113. The number of carbonyl (C=O) groups is 1. The van der Waals surface area contributed by atoms with Gasteiger partial charge in [-0.3, -0.25) is 14.6 Å². The molecule has 3 aromatic rings. The van der Waals surface area contributed by atoms with Gasteiger partial charge in [-0.15, -0.1) is 0 Å². The fourth-order valence-corrected chi connectivity index (χ4v) is 3.22. The van der Waals surface area contributed by atoms with Gasteiger partial charge in [-0.25, -0.2) is 0 Å². The highest BCUT2D eigenvalue weighted by Gasteiger charge is 2.31. The number of fused-ring (bicyclic) bond motifs is 1. The maximum absolute atomic E-state index is 12.9. The fraction of sp³-hybridized carbons (Fsp3) is 0.211. The maximum atomic E-state index is 12.9. The molecule has 2 heterocycles. The smallest absolute Gasteiger partial charge is 0.324 e. The average molecular weight is 454 g/mol. The van der Waals surface area contributed by atoms with Gasteiger partial charge in [-0.1, -0.05) is 18.2 Å². The van der Waals surface area contributed by atoms with Crippen molar-refractivity contribution < 1.29 is 18.0 Å². The third kappa shape index (κ3) is 4.59. The lowest BCUT2D eigenvalue weighted by Crippen LogP contribution is -2.24. The fourth-order valence-electron chi connectivity index (χ4n) is 2.75. The van der Waals surface area contributed by atoms with Crippen LogP contribution in [0.2, 0.25) is 0 Å². The number of alkyl halides is 3. The summed E-state index contributed by atoms with van der Waals surface area (Å²) in [4.78, 5) is 28.5.